The SMILES string of the molecule is C=C(C)[C@@H]1CC[C@]2(NC[C@@](C)(O)CO)CC[C@]3(C)[C@H](CC[C@@H]4[C@@]5(C)CC=C(C6=CC[C@](C)(C(=O)O)CC6)C(C)(C)[C@@H]5CC[C@]43C)[C@@H]12. The molecule has 4 fully saturated rings. The Balaban J connectivity index is 1.31. The maximum Gasteiger partial charge on any atom is 0.309 e. The average molecular weight is 636 g/mol. The Morgan fingerprint density at radius 2 is 1.65 bits per heavy atom. The monoisotopic (exact) mass is 635 g/mol. The fourth-order valence-corrected chi connectivity index (χ4v) is 13.4. The van der Waals surface area contributed by atoms with Crippen LogP contribution >= 0.6 is 0 Å². The Kier molecular flexibility index (Phi) is 8.26. The highest BCUT2D eigenvalue weighted by atomic mass is 16.4. The topological polar surface area (TPSA) is 89.8 Å². The number of β-amino-alcohol motifs (C(OH)–C–C–N with tert-alkyl or cyclic N) is 1. The minimum absolute atomic E-state index is 0.00611. The number of aliphatic carboxylic acids is 1. The fourth-order valence-electron chi connectivity index (χ4n) is 13.4. The highest BCUT2D eigenvalue weighted by molar-refractivity contribution is 5.75. The second kappa shape index (κ2) is 11.0. The molecular formula is C41H65NO4. The van der Waals surface area contributed by atoms with Gasteiger partial charge in [0, 0.05) is 12.1 Å². The van der Waals surface area contributed by atoms with Crippen molar-refractivity contribution in [3.05, 3.63) is 35.5 Å². The van der Waals surface area contributed by atoms with Crippen molar-refractivity contribution in [2.24, 2.45) is 56.7 Å². The molecule has 0 radical (unpaired) electrons. The number of hydrogen-bond acceptors (Lipinski definition) is 4. The minimum atomic E-state index is -1.11. The van der Waals surface area contributed by atoms with E-state index >= 15 is 0 Å². The minimum Gasteiger partial charge on any atom is -0.481 e. The van der Waals surface area contributed by atoms with Crippen molar-refractivity contribution in [2.45, 2.75) is 144 Å². The van der Waals surface area contributed by atoms with Crippen molar-refractivity contribution >= 4 is 5.97 Å². The number of carbonyl (C=O) groups is 1. The van der Waals surface area contributed by atoms with Gasteiger partial charge in [0.1, 0.15) is 0 Å². The standard InChI is InChI=1S/C41H65NO4/c1-26(2)28-14-21-41(42-24-37(6,46)25-43)23-22-39(8)30(33(28)41)10-11-32-38(7)19-15-29(27-12-17-36(5,18-13-27)34(44)45)35(3,4)31(38)16-20-40(32,39)9/h12,15,28,30-33,42-43,46H,1,10-11,13-14,16-25H2,2-9H3,(H,44,45)/t28-,30+,31-,32+,33+,36-,37+,38-,39+,40+,41-/m0/s1. The van der Waals surface area contributed by atoms with E-state index in [1.807, 2.05) is 6.92 Å². The molecule has 4 saturated carbocycles. The van der Waals surface area contributed by atoms with Crippen LogP contribution in [0.25, 0.3) is 0 Å². The lowest BCUT2D eigenvalue weighted by molar-refractivity contribution is -0.221. The van der Waals surface area contributed by atoms with Gasteiger partial charge in [-0.1, -0.05) is 58.9 Å². The molecule has 6 rings (SSSR count). The molecule has 0 aromatic rings. The Hall–Kier alpha value is -1.43. The third-order valence-corrected chi connectivity index (χ3v) is 16.4. The molecule has 4 N–H and O–H groups in total. The van der Waals surface area contributed by atoms with E-state index in [0.29, 0.717) is 42.6 Å². The molecule has 0 spiro atoms. The molecular weight excluding hydrogens is 570 g/mol. The van der Waals surface area contributed by atoms with Crippen LogP contribution in [0.3, 0.4) is 0 Å². The molecule has 6 aliphatic rings. The number of fused-ring (bicyclic) bond motifs is 7. The molecule has 46 heavy (non-hydrogen) atoms. The predicted molar refractivity (Wildman–Crippen MR) is 186 cm³/mol. The van der Waals surface area contributed by atoms with E-state index in [1.165, 1.54) is 55.2 Å². The van der Waals surface area contributed by atoms with Crippen molar-refractivity contribution < 1.29 is 20.1 Å². The van der Waals surface area contributed by atoms with Crippen LogP contribution in [-0.2, 0) is 4.79 Å². The number of aliphatic hydroxyl groups is 2. The predicted octanol–water partition coefficient (Wildman–Crippen LogP) is 8.47. The summed E-state index contributed by atoms with van der Waals surface area (Å²) in [5, 5.41) is 34.4. The van der Waals surface area contributed by atoms with Crippen LogP contribution in [0.1, 0.15) is 132 Å². The Labute approximate surface area is 279 Å². The Bertz CT molecular complexity index is 1330. The normalized spacial score (nSPS) is 47.7. The van der Waals surface area contributed by atoms with Crippen molar-refractivity contribution in [1.82, 2.24) is 5.32 Å². The fraction of sp³-hybridized carbons (Fsp3) is 0.829. The lowest BCUT2D eigenvalue weighted by Gasteiger charge is -2.72. The molecule has 258 valence electrons. The van der Waals surface area contributed by atoms with E-state index in [4.69, 9.17) is 0 Å². The summed E-state index contributed by atoms with van der Waals surface area (Å²) < 4.78 is 0. The first kappa shape index (κ1) is 34.4. The number of carboxylic acid groups (broad SMARTS) is 1. The number of allylic oxidation sites excluding steroid dienone is 5. The smallest absolute Gasteiger partial charge is 0.309 e. The van der Waals surface area contributed by atoms with Gasteiger partial charge in [-0.05, 0) is 160 Å². The van der Waals surface area contributed by atoms with Gasteiger partial charge in [0.15, 0.2) is 0 Å². The van der Waals surface area contributed by atoms with Crippen LogP contribution in [-0.4, -0.2) is 45.6 Å². The summed E-state index contributed by atoms with van der Waals surface area (Å²) in [6.45, 7) is 23.7. The van der Waals surface area contributed by atoms with Gasteiger partial charge in [0.05, 0.1) is 17.6 Å². The zero-order valence-corrected chi connectivity index (χ0v) is 30.4. The molecule has 0 aromatic carbocycles. The van der Waals surface area contributed by atoms with Gasteiger partial charge in [-0.2, -0.15) is 0 Å². The number of carboxylic acids is 1. The van der Waals surface area contributed by atoms with Crippen LogP contribution < -0.4 is 5.32 Å². The van der Waals surface area contributed by atoms with Crippen molar-refractivity contribution in [3.8, 4) is 0 Å². The number of hydrogen-bond donors (Lipinski definition) is 4. The first-order valence-corrected chi connectivity index (χ1v) is 18.7. The summed E-state index contributed by atoms with van der Waals surface area (Å²) in [5.74, 6) is 2.28. The average Bonchev–Trinajstić information content (AvgIpc) is 3.37. The molecule has 0 amide bonds. The summed E-state index contributed by atoms with van der Waals surface area (Å²) in [6, 6.07) is 0. The van der Waals surface area contributed by atoms with Gasteiger partial charge in [-0.25, -0.2) is 0 Å². The van der Waals surface area contributed by atoms with Gasteiger partial charge in [0.25, 0.3) is 0 Å². The second-order valence-corrected chi connectivity index (χ2v) is 19.2. The lowest BCUT2D eigenvalue weighted by atomic mass is 9.33. The van der Waals surface area contributed by atoms with E-state index < -0.39 is 17.0 Å². The van der Waals surface area contributed by atoms with Crippen LogP contribution in [0.5, 0.6) is 0 Å². The Morgan fingerprint density at radius 1 is 0.935 bits per heavy atom. The first-order valence-electron chi connectivity index (χ1n) is 18.7. The summed E-state index contributed by atoms with van der Waals surface area (Å²) in [6.07, 6.45) is 18.0. The second-order valence-electron chi connectivity index (χ2n) is 19.2. The summed E-state index contributed by atoms with van der Waals surface area (Å²) in [7, 11) is 0. The first-order chi connectivity index (χ1) is 21.3. The number of nitrogens with one attached hydrogen (secondary N) is 1. The van der Waals surface area contributed by atoms with Crippen molar-refractivity contribution in [2.75, 3.05) is 13.2 Å². The molecule has 0 aromatic heterocycles. The van der Waals surface area contributed by atoms with E-state index in [0.717, 1.165) is 32.1 Å². The zero-order chi connectivity index (χ0) is 33.7. The van der Waals surface area contributed by atoms with Crippen molar-refractivity contribution in [1.29, 1.82) is 0 Å². The van der Waals surface area contributed by atoms with Gasteiger partial charge >= 0.3 is 5.97 Å². The van der Waals surface area contributed by atoms with E-state index in [-0.39, 0.29) is 33.8 Å². The molecule has 5 heteroatoms. The molecule has 5 nitrogen and oxygen atoms in total. The molecule has 0 aliphatic heterocycles. The highest BCUT2D eigenvalue weighted by Gasteiger charge is 2.70. The van der Waals surface area contributed by atoms with E-state index in [2.05, 4.69) is 65.6 Å². The summed E-state index contributed by atoms with van der Waals surface area (Å²) in [5.41, 5.74) is 3.33. The van der Waals surface area contributed by atoms with Gasteiger partial charge in [-0.3, -0.25) is 4.79 Å². The van der Waals surface area contributed by atoms with E-state index in [9.17, 15) is 20.1 Å². The maximum absolute atomic E-state index is 12.0. The molecule has 6 aliphatic carbocycles. The molecule has 0 unspecified atom stereocenters. The molecule has 0 saturated heterocycles. The van der Waals surface area contributed by atoms with E-state index in [1.54, 1.807) is 6.92 Å². The van der Waals surface area contributed by atoms with Gasteiger partial charge in [-0.15, -0.1) is 0 Å². The number of rotatable bonds is 7. The molecule has 0 heterocycles. The number of aliphatic hydroxyl groups excluding tert-OH is 1. The lowest BCUT2D eigenvalue weighted by Crippen LogP contribution is -2.68. The van der Waals surface area contributed by atoms with Gasteiger partial charge < -0.3 is 20.6 Å². The summed E-state index contributed by atoms with van der Waals surface area (Å²) in [4.78, 5) is 12.0. The third-order valence-electron chi connectivity index (χ3n) is 16.4. The van der Waals surface area contributed by atoms with Crippen LogP contribution in [0.4, 0.5) is 0 Å². The third kappa shape index (κ3) is 4.82. The van der Waals surface area contributed by atoms with Crippen LogP contribution in [0.2, 0.25) is 0 Å². The molecule has 0 bridgehead atoms. The van der Waals surface area contributed by atoms with Crippen molar-refractivity contribution in [3.63, 3.8) is 0 Å². The van der Waals surface area contributed by atoms with Gasteiger partial charge in [0.2, 0.25) is 0 Å². The Morgan fingerprint density at radius 3 is 2.26 bits per heavy atom. The summed E-state index contributed by atoms with van der Waals surface area (Å²) >= 11 is 0. The highest BCUT2D eigenvalue weighted by Crippen LogP contribution is 2.76. The quantitative estimate of drug-likeness (QED) is 0.211. The molecule has 11 atom stereocenters. The largest absolute Gasteiger partial charge is 0.481 e. The van der Waals surface area contributed by atoms with Crippen LogP contribution in [0, 0.1) is 56.7 Å². The maximum atomic E-state index is 12.0. The van der Waals surface area contributed by atoms with Crippen LogP contribution in [0.15, 0.2) is 35.5 Å². The zero-order valence-electron chi connectivity index (χ0n) is 30.4.